The molecule has 2 aromatic heterocycles. The molecule has 270 valence electrons. The number of rotatable bonds is 9. The second-order valence-electron chi connectivity index (χ2n) is 14.2. The van der Waals surface area contributed by atoms with E-state index in [0.717, 1.165) is 50.6 Å². The van der Waals surface area contributed by atoms with Gasteiger partial charge in [-0.1, -0.05) is 97.1 Å². The van der Waals surface area contributed by atoms with E-state index in [1.807, 2.05) is 12.1 Å². The molecule has 57 heavy (non-hydrogen) atoms. The van der Waals surface area contributed by atoms with Gasteiger partial charge in [-0.25, -0.2) is 0 Å². The minimum atomic E-state index is 0.379. The normalized spacial score (nSPS) is 11.6. The summed E-state index contributed by atoms with van der Waals surface area (Å²) in [6, 6.07) is 68.9. The number of hydrogen-bond acceptors (Lipinski definition) is 3. The second kappa shape index (κ2) is 14.1. The van der Waals surface area contributed by atoms with E-state index in [-0.39, 0.29) is 0 Å². The maximum Gasteiger partial charge on any atom is 0.0612 e. The zero-order chi connectivity index (χ0) is 38.3. The van der Waals surface area contributed by atoms with Gasteiger partial charge in [0.25, 0.3) is 0 Å². The Morgan fingerprint density at radius 2 is 0.842 bits per heavy atom. The number of para-hydroxylation sites is 4. The Kier molecular flexibility index (Phi) is 8.38. The molecule has 8 aromatic carbocycles. The lowest BCUT2D eigenvalue weighted by Crippen LogP contribution is -2.09. The van der Waals surface area contributed by atoms with Crippen molar-refractivity contribution in [3.05, 3.63) is 212 Å². The van der Waals surface area contributed by atoms with Gasteiger partial charge in [-0.15, -0.1) is 0 Å². The average molecular weight is 732 g/mol. The van der Waals surface area contributed by atoms with Crippen LogP contribution in [0.1, 0.15) is 5.56 Å². The Bertz CT molecular complexity index is 3090. The summed E-state index contributed by atoms with van der Waals surface area (Å²) in [7, 11) is 0. The summed E-state index contributed by atoms with van der Waals surface area (Å²) in [4.78, 5) is 2.29. The summed E-state index contributed by atoms with van der Waals surface area (Å²) in [6.45, 7) is 0. The van der Waals surface area contributed by atoms with Gasteiger partial charge in [-0.3, -0.25) is 0 Å². The highest BCUT2D eigenvalue weighted by Crippen LogP contribution is 2.39. The van der Waals surface area contributed by atoms with Gasteiger partial charge in [0.05, 0.1) is 27.8 Å². The highest BCUT2D eigenvalue weighted by atomic mass is 15.1. The van der Waals surface area contributed by atoms with Crippen LogP contribution in [0, 0.1) is 10.8 Å². The number of aromatic nitrogens is 2. The summed E-state index contributed by atoms with van der Waals surface area (Å²) < 4.78 is 4.68. The van der Waals surface area contributed by atoms with Crippen molar-refractivity contribution in [2.75, 3.05) is 4.90 Å². The predicted octanol–water partition coefficient (Wildman–Crippen LogP) is 13.6. The molecule has 2 N–H and O–H groups in total. The van der Waals surface area contributed by atoms with Gasteiger partial charge in [0.15, 0.2) is 0 Å². The minimum Gasteiger partial charge on any atom is -0.311 e. The van der Waals surface area contributed by atoms with Gasteiger partial charge in [0.1, 0.15) is 0 Å². The van der Waals surface area contributed by atoms with E-state index in [1.165, 1.54) is 44.4 Å². The largest absolute Gasteiger partial charge is 0.311 e. The summed E-state index contributed by atoms with van der Waals surface area (Å²) >= 11 is 0. The van der Waals surface area contributed by atoms with Crippen LogP contribution in [-0.2, 0) is 0 Å². The smallest absolute Gasteiger partial charge is 0.0612 e. The van der Waals surface area contributed by atoms with Crippen molar-refractivity contribution in [1.29, 1.82) is 10.8 Å². The van der Waals surface area contributed by atoms with Crippen molar-refractivity contribution in [1.82, 2.24) is 9.13 Å². The molecule has 0 aliphatic rings. The maximum atomic E-state index is 8.36. The minimum absolute atomic E-state index is 0.379. The standard InChI is InChI=1S/C52H37N5/c53-33-11-18-48(54)36-21-25-42(26-22-36)56-49-19-9-7-16-44(49)46-34-37(23-31-51(46)56)38-24-32-52-47(35-38)45-17-8-10-20-50(45)57(52)43-29-27-41(28-30-43)55(39-12-3-1-4-13-39)40-14-5-2-6-15-40/h1-35,53-54H/b18-11-,53-33?,54-48?. The number of nitrogens with one attached hydrogen (secondary N) is 2. The number of fused-ring (bicyclic) bond motifs is 6. The number of allylic oxidation sites excluding steroid dienone is 2. The molecule has 0 aliphatic carbocycles. The molecule has 10 aromatic rings. The van der Waals surface area contributed by atoms with Crippen molar-refractivity contribution in [3.8, 4) is 22.5 Å². The molecule has 0 aliphatic heterocycles. The molecule has 0 bridgehead atoms. The van der Waals surface area contributed by atoms with Crippen molar-refractivity contribution in [2.24, 2.45) is 0 Å². The first-order valence-electron chi connectivity index (χ1n) is 19.1. The zero-order valence-corrected chi connectivity index (χ0v) is 31.0. The van der Waals surface area contributed by atoms with E-state index in [2.05, 4.69) is 196 Å². The first kappa shape index (κ1) is 33.8. The van der Waals surface area contributed by atoms with E-state index in [4.69, 9.17) is 10.8 Å². The lowest BCUT2D eigenvalue weighted by molar-refractivity contribution is 1.17. The highest BCUT2D eigenvalue weighted by Gasteiger charge is 2.17. The lowest BCUT2D eigenvalue weighted by atomic mass is 10.0. The first-order chi connectivity index (χ1) is 28.2. The van der Waals surface area contributed by atoms with Crippen LogP contribution in [0.3, 0.4) is 0 Å². The topological polar surface area (TPSA) is 60.8 Å². The van der Waals surface area contributed by atoms with Gasteiger partial charge in [-0.05, 0) is 126 Å². The Morgan fingerprint density at radius 3 is 1.33 bits per heavy atom. The number of anilines is 3. The molecular formula is C52H37N5. The molecule has 5 nitrogen and oxygen atoms in total. The van der Waals surface area contributed by atoms with Crippen molar-refractivity contribution >= 4 is 72.6 Å². The molecule has 0 fully saturated rings. The van der Waals surface area contributed by atoms with Crippen LogP contribution in [-0.4, -0.2) is 21.1 Å². The van der Waals surface area contributed by atoms with Gasteiger partial charge >= 0.3 is 0 Å². The van der Waals surface area contributed by atoms with Crippen LogP contribution in [0.4, 0.5) is 17.1 Å². The van der Waals surface area contributed by atoms with Crippen LogP contribution < -0.4 is 4.90 Å². The van der Waals surface area contributed by atoms with E-state index in [1.54, 1.807) is 12.2 Å². The van der Waals surface area contributed by atoms with E-state index in [9.17, 15) is 0 Å². The number of nitrogens with zero attached hydrogens (tertiary/aromatic N) is 3. The van der Waals surface area contributed by atoms with Gasteiger partial charge in [0, 0.05) is 56.2 Å². The van der Waals surface area contributed by atoms with Crippen LogP contribution in [0.5, 0.6) is 0 Å². The zero-order valence-electron chi connectivity index (χ0n) is 31.0. The molecule has 10 rings (SSSR count). The Morgan fingerprint density at radius 1 is 0.421 bits per heavy atom. The summed E-state index contributed by atoms with van der Waals surface area (Å²) in [5.74, 6) is 0. The van der Waals surface area contributed by atoms with Gasteiger partial charge in [-0.2, -0.15) is 0 Å². The fourth-order valence-electron chi connectivity index (χ4n) is 8.24. The monoisotopic (exact) mass is 731 g/mol. The third-order valence-electron chi connectivity index (χ3n) is 10.9. The summed E-state index contributed by atoms with van der Waals surface area (Å²) in [5.41, 5.74) is 13.6. The average Bonchev–Trinajstić information content (AvgIpc) is 3.79. The van der Waals surface area contributed by atoms with Crippen molar-refractivity contribution in [3.63, 3.8) is 0 Å². The van der Waals surface area contributed by atoms with Gasteiger partial charge in [0.2, 0.25) is 0 Å². The quantitative estimate of drug-likeness (QED) is 0.143. The summed E-state index contributed by atoms with van der Waals surface area (Å²) in [6.07, 6.45) is 4.41. The van der Waals surface area contributed by atoms with Crippen LogP contribution >= 0.6 is 0 Å². The lowest BCUT2D eigenvalue weighted by Gasteiger charge is -2.25. The first-order valence-corrected chi connectivity index (χ1v) is 19.1. The molecule has 0 radical (unpaired) electrons. The predicted molar refractivity (Wildman–Crippen MR) is 240 cm³/mol. The van der Waals surface area contributed by atoms with Crippen molar-refractivity contribution < 1.29 is 0 Å². The Balaban J connectivity index is 1.05. The maximum absolute atomic E-state index is 8.36. The molecule has 2 heterocycles. The second-order valence-corrected chi connectivity index (χ2v) is 14.2. The molecule has 5 heteroatoms. The number of benzene rings is 8. The van der Waals surface area contributed by atoms with Crippen LogP contribution in [0.2, 0.25) is 0 Å². The van der Waals surface area contributed by atoms with E-state index < -0.39 is 0 Å². The molecule has 0 atom stereocenters. The fraction of sp³-hybridized carbons (Fsp3) is 0. The van der Waals surface area contributed by atoms with E-state index in [0.29, 0.717) is 5.71 Å². The molecule has 0 unspecified atom stereocenters. The third-order valence-corrected chi connectivity index (χ3v) is 10.9. The molecule has 0 amide bonds. The SMILES string of the molecule is N=C/C=C\C(=N)c1ccc(-n2c3ccccc3c3cc(-c4ccc5c(c4)c4ccccc4n5-c4ccc(N(c5ccccc5)c5ccccc5)cc4)ccc32)cc1. The van der Waals surface area contributed by atoms with E-state index >= 15 is 0 Å². The van der Waals surface area contributed by atoms with Crippen molar-refractivity contribution in [2.45, 2.75) is 0 Å². The Hall–Kier alpha value is -7.76. The van der Waals surface area contributed by atoms with Gasteiger partial charge < -0.3 is 24.9 Å². The van der Waals surface area contributed by atoms with Crippen LogP contribution in [0.25, 0.3) is 66.1 Å². The molecule has 0 saturated heterocycles. The third kappa shape index (κ3) is 5.90. The fourth-order valence-corrected chi connectivity index (χ4v) is 8.24. The van der Waals surface area contributed by atoms with Crippen LogP contribution in [0.15, 0.2) is 206 Å². The molecular weight excluding hydrogens is 695 g/mol. The highest BCUT2D eigenvalue weighted by molar-refractivity contribution is 6.13. The molecule has 0 saturated carbocycles. The Labute approximate surface area is 330 Å². The number of hydrogen-bond donors (Lipinski definition) is 2. The molecule has 0 spiro atoms. The summed E-state index contributed by atoms with van der Waals surface area (Å²) in [5, 5.41) is 20.4.